The van der Waals surface area contributed by atoms with Gasteiger partial charge in [-0.05, 0) is 19.1 Å². The number of benzene rings is 1. The number of carbonyl (C=O) groups is 1. The lowest BCUT2D eigenvalue weighted by Gasteiger charge is -2.14. The first-order valence-electron chi connectivity index (χ1n) is 4.96. The van der Waals surface area contributed by atoms with Crippen molar-refractivity contribution >= 4 is 5.97 Å². The minimum Gasteiger partial charge on any atom is -0.504 e. The molecule has 0 radical (unpaired) electrons. The number of ether oxygens (including phenoxy) is 2. The highest BCUT2D eigenvalue weighted by Crippen LogP contribution is 2.38. The fraction of sp³-hybridized carbons (Fsp3) is 0.364. The number of hydrogen-bond acceptors (Lipinski definition) is 4. The zero-order valence-corrected chi connectivity index (χ0v) is 9.67. The van der Waals surface area contributed by atoms with E-state index in [1.54, 1.807) is 0 Å². The average molecular weight is 264 g/mol. The largest absolute Gasteiger partial charge is 0.504 e. The molecule has 0 saturated carbocycles. The molecule has 100 valence electrons. The summed E-state index contributed by atoms with van der Waals surface area (Å²) >= 11 is 0. The zero-order valence-electron chi connectivity index (χ0n) is 9.67. The van der Waals surface area contributed by atoms with Gasteiger partial charge in [0.2, 0.25) is 0 Å². The van der Waals surface area contributed by atoms with E-state index in [1.807, 2.05) is 0 Å². The predicted octanol–water partition coefficient (Wildman–Crippen LogP) is 2.60. The number of halogens is 3. The molecular weight excluding hydrogens is 253 g/mol. The molecule has 0 atom stereocenters. The van der Waals surface area contributed by atoms with Crippen LogP contribution in [0.1, 0.15) is 22.8 Å². The maximum absolute atomic E-state index is 12.7. The first-order chi connectivity index (χ1) is 8.31. The fourth-order valence-corrected chi connectivity index (χ4v) is 1.34. The Morgan fingerprint density at radius 3 is 2.44 bits per heavy atom. The topological polar surface area (TPSA) is 55.8 Å². The van der Waals surface area contributed by atoms with E-state index >= 15 is 0 Å². The van der Waals surface area contributed by atoms with Crippen LogP contribution < -0.4 is 4.74 Å². The molecule has 0 aliphatic carbocycles. The molecule has 1 aromatic rings. The molecule has 0 spiro atoms. The summed E-state index contributed by atoms with van der Waals surface area (Å²) in [5.74, 6) is -2.05. The SMILES string of the molecule is CCOC(=O)c1cc(OC)c(O)cc1C(F)(F)F. The van der Waals surface area contributed by atoms with Crippen molar-refractivity contribution in [1.82, 2.24) is 0 Å². The van der Waals surface area contributed by atoms with Gasteiger partial charge in [0.05, 0.1) is 24.8 Å². The van der Waals surface area contributed by atoms with Gasteiger partial charge in [-0.1, -0.05) is 0 Å². The molecular formula is C11H11F3O4. The van der Waals surface area contributed by atoms with E-state index in [-0.39, 0.29) is 12.4 Å². The minimum absolute atomic E-state index is 0.0562. The van der Waals surface area contributed by atoms with E-state index in [1.165, 1.54) is 6.92 Å². The second-order valence-electron chi connectivity index (χ2n) is 3.29. The molecule has 0 saturated heterocycles. The van der Waals surface area contributed by atoms with Gasteiger partial charge in [-0.3, -0.25) is 0 Å². The number of esters is 1. The van der Waals surface area contributed by atoms with E-state index in [0.717, 1.165) is 13.2 Å². The zero-order chi connectivity index (χ0) is 13.9. The lowest BCUT2D eigenvalue weighted by Crippen LogP contribution is -2.15. The van der Waals surface area contributed by atoms with Crippen molar-refractivity contribution in [1.29, 1.82) is 0 Å². The molecule has 7 heteroatoms. The van der Waals surface area contributed by atoms with E-state index in [9.17, 15) is 23.1 Å². The van der Waals surface area contributed by atoms with Gasteiger partial charge in [0, 0.05) is 0 Å². The number of rotatable bonds is 3. The van der Waals surface area contributed by atoms with Crippen LogP contribution in [-0.2, 0) is 10.9 Å². The van der Waals surface area contributed by atoms with Crippen LogP contribution in [0.5, 0.6) is 11.5 Å². The third-order valence-corrected chi connectivity index (χ3v) is 2.12. The summed E-state index contributed by atoms with van der Waals surface area (Å²) in [5.41, 5.74) is -1.96. The Kier molecular flexibility index (Phi) is 4.05. The number of methoxy groups -OCH3 is 1. The highest BCUT2D eigenvalue weighted by molar-refractivity contribution is 5.92. The normalized spacial score (nSPS) is 11.2. The van der Waals surface area contributed by atoms with Gasteiger partial charge in [-0.25, -0.2) is 4.79 Å². The minimum atomic E-state index is -4.77. The predicted molar refractivity (Wildman–Crippen MR) is 55.6 cm³/mol. The van der Waals surface area contributed by atoms with Crippen molar-refractivity contribution in [3.8, 4) is 11.5 Å². The lowest BCUT2D eigenvalue weighted by atomic mass is 10.1. The molecule has 0 aliphatic heterocycles. The molecule has 1 rings (SSSR count). The van der Waals surface area contributed by atoms with E-state index in [2.05, 4.69) is 9.47 Å². The monoisotopic (exact) mass is 264 g/mol. The molecule has 1 N–H and O–H groups in total. The van der Waals surface area contributed by atoms with E-state index in [0.29, 0.717) is 6.07 Å². The Bertz CT molecular complexity index is 454. The molecule has 0 bridgehead atoms. The maximum atomic E-state index is 12.7. The highest BCUT2D eigenvalue weighted by atomic mass is 19.4. The molecule has 4 nitrogen and oxygen atoms in total. The summed E-state index contributed by atoms with van der Waals surface area (Å²) in [6, 6.07) is 1.24. The Hall–Kier alpha value is -1.92. The lowest BCUT2D eigenvalue weighted by molar-refractivity contribution is -0.138. The number of aromatic hydroxyl groups is 1. The molecule has 0 unspecified atom stereocenters. The molecule has 0 aromatic heterocycles. The van der Waals surface area contributed by atoms with Crippen LogP contribution in [0, 0.1) is 0 Å². The van der Waals surface area contributed by atoms with E-state index in [4.69, 9.17) is 0 Å². The summed E-state index contributed by atoms with van der Waals surface area (Å²) in [6.07, 6.45) is -4.77. The second kappa shape index (κ2) is 5.16. The third kappa shape index (κ3) is 2.85. The second-order valence-corrected chi connectivity index (χ2v) is 3.29. The Morgan fingerprint density at radius 2 is 2.00 bits per heavy atom. The molecule has 0 amide bonds. The molecule has 0 aliphatic rings. The van der Waals surface area contributed by atoms with Crippen molar-refractivity contribution in [2.75, 3.05) is 13.7 Å². The smallest absolute Gasteiger partial charge is 0.417 e. The summed E-state index contributed by atoms with van der Waals surface area (Å²) in [4.78, 5) is 11.4. The van der Waals surface area contributed by atoms with Gasteiger partial charge in [-0.15, -0.1) is 0 Å². The Balaban J connectivity index is 3.40. The average Bonchev–Trinajstić information content (AvgIpc) is 2.27. The van der Waals surface area contributed by atoms with Gasteiger partial charge in [0.1, 0.15) is 0 Å². The fourth-order valence-electron chi connectivity index (χ4n) is 1.34. The number of alkyl halides is 3. The summed E-state index contributed by atoms with van der Waals surface area (Å²) in [6.45, 7) is 1.42. The molecule has 0 fully saturated rings. The van der Waals surface area contributed by atoms with Crippen molar-refractivity contribution in [2.45, 2.75) is 13.1 Å². The third-order valence-electron chi connectivity index (χ3n) is 2.12. The van der Waals surface area contributed by atoms with Crippen LogP contribution in [0.4, 0.5) is 13.2 Å². The van der Waals surface area contributed by atoms with Crippen LogP contribution in [0.3, 0.4) is 0 Å². The first kappa shape index (κ1) is 14.1. The molecule has 1 aromatic carbocycles. The molecule has 18 heavy (non-hydrogen) atoms. The number of carbonyl (C=O) groups excluding carboxylic acids is 1. The van der Waals surface area contributed by atoms with Crippen LogP contribution in [0.15, 0.2) is 12.1 Å². The van der Waals surface area contributed by atoms with E-state index < -0.39 is 29.0 Å². The van der Waals surface area contributed by atoms with Gasteiger partial charge in [-0.2, -0.15) is 13.2 Å². The highest BCUT2D eigenvalue weighted by Gasteiger charge is 2.37. The van der Waals surface area contributed by atoms with Crippen LogP contribution >= 0.6 is 0 Å². The standard InChI is InChI=1S/C11H11F3O4/c1-3-18-10(16)6-4-9(17-2)8(15)5-7(6)11(12,13)14/h4-5,15H,3H2,1-2H3. The van der Waals surface area contributed by atoms with Crippen molar-refractivity contribution in [3.63, 3.8) is 0 Å². The van der Waals surface area contributed by atoms with Gasteiger partial charge < -0.3 is 14.6 Å². The summed E-state index contributed by atoms with van der Waals surface area (Å²) in [7, 11) is 1.16. The van der Waals surface area contributed by atoms with Crippen molar-refractivity contribution in [3.05, 3.63) is 23.3 Å². The number of phenols is 1. The quantitative estimate of drug-likeness (QED) is 0.852. The van der Waals surface area contributed by atoms with Crippen molar-refractivity contribution in [2.24, 2.45) is 0 Å². The molecule has 0 heterocycles. The summed E-state index contributed by atoms with van der Waals surface area (Å²) in [5, 5.41) is 9.31. The van der Waals surface area contributed by atoms with Gasteiger partial charge >= 0.3 is 12.1 Å². The van der Waals surface area contributed by atoms with Gasteiger partial charge in [0.15, 0.2) is 11.5 Å². The number of hydrogen-bond donors (Lipinski definition) is 1. The first-order valence-corrected chi connectivity index (χ1v) is 4.96. The van der Waals surface area contributed by atoms with Crippen LogP contribution in [0.25, 0.3) is 0 Å². The Labute approximate surface area is 101 Å². The van der Waals surface area contributed by atoms with Crippen molar-refractivity contribution < 1.29 is 32.5 Å². The summed E-state index contributed by atoms with van der Waals surface area (Å²) < 4.78 is 47.3. The van der Waals surface area contributed by atoms with Crippen LogP contribution in [0.2, 0.25) is 0 Å². The number of phenolic OH excluding ortho intramolecular Hbond substituents is 1. The van der Waals surface area contributed by atoms with Crippen LogP contribution in [-0.4, -0.2) is 24.8 Å². The Morgan fingerprint density at radius 1 is 1.39 bits per heavy atom. The maximum Gasteiger partial charge on any atom is 0.417 e. The van der Waals surface area contributed by atoms with Gasteiger partial charge in [0.25, 0.3) is 0 Å².